The maximum Gasteiger partial charge on any atom is 0.0152 e. The van der Waals surface area contributed by atoms with Gasteiger partial charge in [-0.3, -0.25) is 0 Å². The van der Waals surface area contributed by atoms with E-state index in [9.17, 15) is 0 Å². The van der Waals surface area contributed by atoms with Gasteiger partial charge >= 0.3 is 0 Å². The summed E-state index contributed by atoms with van der Waals surface area (Å²) >= 11 is 3.67. The highest BCUT2D eigenvalue weighted by molar-refractivity contribution is 9.09. The highest BCUT2D eigenvalue weighted by Gasteiger charge is 2.27. The molecule has 1 aliphatic rings. The van der Waals surface area contributed by atoms with Crippen molar-refractivity contribution in [3.8, 4) is 0 Å². The summed E-state index contributed by atoms with van der Waals surface area (Å²) in [6.07, 6.45) is 12.7. The molecule has 0 aromatic carbocycles. The molecule has 1 saturated carbocycles. The molecule has 1 aliphatic carbocycles. The van der Waals surface area contributed by atoms with Gasteiger partial charge in [0.05, 0.1) is 0 Å². The molecule has 0 spiro atoms. The van der Waals surface area contributed by atoms with Crippen LogP contribution in [0.2, 0.25) is 0 Å². The van der Waals surface area contributed by atoms with Gasteiger partial charge in [0.1, 0.15) is 0 Å². The van der Waals surface area contributed by atoms with Gasteiger partial charge in [-0.2, -0.15) is 0 Å². The Bertz CT molecular complexity index is 178. The standard InChI is InChI=1S/C15H30BrN/c1-3-4-5-6-7-8-9-10-17(2)13-14-11-15(16)12-14/h14-15H,3-13H2,1-2H3. The smallest absolute Gasteiger partial charge is 0.0152 e. The fourth-order valence-corrected chi connectivity index (χ4v) is 3.73. The Hall–Kier alpha value is 0.440. The zero-order chi connectivity index (χ0) is 12.5. The monoisotopic (exact) mass is 303 g/mol. The molecule has 0 aliphatic heterocycles. The highest BCUT2D eigenvalue weighted by Crippen LogP contribution is 2.33. The summed E-state index contributed by atoms with van der Waals surface area (Å²) in [6, 6.07) is 0. The highest BCUT2D eigenvalue weighted by atomic mass is 79.9. The van der Waals surface area contributed by atoms with Gasteiger partial charge in [-0.15, -0.1) is 0 Å². The number of hydrogen-bond donors (Lipinski definition) is 0. The average Bonchev–Trinajstić information content (AvgIpc) is 2.26. The summed E-state index contributed by atoms with van der Waals surface area (Å²) in [4.78, 5) is 3.36. The van der Waals surface area contributed by atoms with Gasteiger partial charge in [0.25, 0.3) is 0 Å². The first kappa shape index (κ1) is 15.5. The van der Waals surface area contributed by atoms with E-state index in [0.29, 0.717) is 0 Å². The van der Waals surface area contributed by atoms with E-state index in [-0.39, 0.29) is 0 Å². The Balaban J connectivity index is 1.82. The number of alkyl halides is 1. The van der Waals surface area contributed by atoms with E-state index in [1.54, 1.807) is 0 Å². The molecular weight excluding hydrogens is 274 g/mol. The lowest BCUT2D eigenvalue weighted by Crippen LogP contribution is -2.35. The molecule has 0 radical (unpaired) electrons. The Morgan fingerprint density at radius 2 is 1.59 bits per heavy atom. The SMILES string of the molecule is CCCCCCCCCN(C)CC1CC(Br)C1. The zero-order valence-corrected chi connectivity index (χ0v) is 13.3. The number of hydrogen-bond acceptors (Lipinski definition) is 1. The predicted molar refractivity (Wildman–Crippen MR) is 80.9 cm³/mol. The first-order chi connectivity index (χ1) is 8.22. The summed E-state index contributed by atoms with van der Waals surface area (Å²) in [7, 11) is 2.29. The van der Waals surface area contributed by atoms with Crippen LogP contribution in [-0.4, -0.2) is 29.9 Å². The fraction of sp³-hybridized carbons (Fsp3) is 1.00. The topological polar surface area (TPSA) is 3.24 Å². The van der Waals surface area contributed by atoms with Crippen LogP contribution >= 0.6 is 15.9 Å². The summed E-state index contributed by atoms with van der Waals surface area (Å²) in [5.41, 5.74) is 0. The van der Waals surface area contributed by atoms with E-state index >= 15 is 0 Å². The third-order valence-corrected chi connectivity index (χ3v) is 4.64. The average molecular weight is 304 g/mol. The minimum atomic E-state index is 0.819. The van der Waals surface area contributed by atoms with Crippen molar-refractivity contribution in [2.24, 2.45) is 5.92 Å². The van der Waals surface area contributed by atoms with Crippen LogP contribution in [-0.2, 0) is 0 Å². The van der Waals surface area contributed by atoms with Crippen molar-refractivity contribution in [3.05, 3.63) is 0 Å². The number of nitrogens with zero attached hydrogens (tertiary/aromatic N) is 1. The molecule has 0 unspecified atom stereocenters. The molecular formula is C15H30BrN. The lowest BCUT2D eigenvalue weighted by atomic mass is 9.85. The van der Waals surface area contributed by atoms with Gasteiger partial charge in [0, 0.05) is 11.4 Å². The quantitative estimate of drug-likeness (QED) is 0.412. The normalized spacial score (nSPS) is 24.0. The molecule has 102 valence electrons. The van der Waals surface area contributed by atoms with Crippen molar-refractivity contribution in [1.82, 2.24) is 4.90 Å². The summed E-state index contributed by atoms with van der Waals surface area (Å²) in [5, 5.41) is 0. The molecule has 0 aromatic rings. The molecule has 0 atom stereocenters. The van der Waals surface area contributed by atoms with Gasteiger partial charge in [-0.1, -0.05) is 61.4 Å². The van der Waals surface area contributed by atoms with Crippen LogP contribution in [0.15, 0.2) is 0 Å². The van der Waals surface area contributed by atoms with Gasteiger partial charge in [-0.05, 0) is 38.8 Å². The van der Waals surface area contributed by atoms with Crippen LogP contribution in [0.1, 0.15) is 64.7 Å². The molecule has 0 aromatic heterocycles. The van der Waals surface area contributed by atoms with E-state index in [1.165, 1.54) is 70.9 Å². The van der Waals surface area contributed by atoms with Crippen LogP contribution in [0, 0.1) is 5.92 Å². The number of halogens is 1. The van der Waals surface area contributed by atoms with E-state index in [2.05, 4.69) is 34.8 Å². The van der Waals surface area contributed by atoms with Crippen molar-refractivity contribution in [1.29, 1.82) is 0 Å². The summed E-state index contributed by atoms with van der Waals surface area (Å²) < 4.78 is 0. The Morgan fingerprint density at radius 1 is 1.00 bits per heavy atom. The molecule has 17 heavy (non-hydrogen) atoms. The van der Waals surface area contributed by atoms with Crippen molar-refractivity contribution in [2.45, 2.75) is 69.5 Å². The lowest BCUT2D eigenvalue weighted by Gasteiger charge is -2.34. The fourth-order valence-electron chi connectivity index (χ4n) is 2.67. The van der Waals surface area contributed by atoms with Crippen LogP contribution in [0.4, 0.5) is 0 Å². The molecule has 1 nitrogen and oxygen atoms in total. The van der Waals surface area contributed by atoms with Crippen LogP contribution in [0.3, 0.4) is 0 Å². The van der Waals surface area contributed by atoms with E-state index in [4.69, 9.17) is 0 Å². The van der Waals surface area contributed by atoms with Crippen molar-refractivity contribution in [2.75, 3.05) is 20.1 Å². The number of rotatable bonds is 10. The molecule has 0 saturated heterocycles. The van der Waals surface area contributed by atoms with Gasteiger partial charge in [0.2, 0.25) is 0 Å². The molecule has 1 fully saturated rings. The van der Waals surface area contributed by atoms with E-state index in [1.807, 2.05) is 0 Å². The van der Waals surface area contributed by atoms with Crippen LogP contribution < -0.4 is 0 Å². The second-order valence-corrected chi connectivity index (χ2v) is 7.11. The molecule has 0 heterocycles. The maximum absolute atomic E-state index is 3.67. The lowest BCUT2D eigenvalue weighted by molar-refractivity contribution is 0.210. The zero-order valence-electron chi connectivity index (χ0n) is 11.8. The molecule has 0 N–H and O–H groups in total. The van der Waals surface area contributed by atoms with Crippen molar-refractivity contribution in [3.63, 3.8) is 0 Å². The summed E-state index contributed by atoms with van der Waals surface area (Å²) in [6.45, 7) is 4.90. The maximum atomic E-state index is 3.67. The predicted octanol–water partition coefficient (Wildman–Crippen LogP) is 4.84. The molecule has 2 heteroatoms. The van der Waals surface area contributed by atoms with Crippen molar-refractivity contribution >= 4 is 15.9 Å². The third-order valence-electron chi connectivity index (χ3n) is 3.89. The first-order valence-electron chi connectivity index (χ1n) is 7.55. The molecule has 0 amide bonds. The third kappa shape index (κ3) is 7.46. The minimum Gasteiger partial charge on any atom is -0.306 e. The van der Waals surface area contributed by atoms with Gasteiger partial charge < -0.3 is 4.90 Å². The Labute approximate surface area is 116 Å². The first-order valence-corrected chi connectivity index (χ1v) is 8.46. The van der Waals surface area contributed by atoms with Gasteiger partial charge in [0.15, 0.2) is 0 Å². The molecule has 0 bridgehead atoms. The second kappa shape index (κ2) is 9.38. The second-order valence-electron chi connectivity index (χ2n) is 5.82. The van der Waals surface area contributed by atoms with E-state index in [0.717, 1.165) is 10.7 Å². The molecule has 1 rings (SSSR count). The van der Waals surface area contributed by atoms with Crippen LogP contribution in [0.5, 0.6) is 0 Å². The number of unbranched alkanes of at least 4 members (excludes halogenated alkanes) is 6. The van der Waals surface area contributed by atoms with Crippen LogP contribution in [0.25, 0.3) is 0 Å². The van der Waals surface area contributed by atoms with Crippen molar-refractivity contribution < 1.29 is 0 Å². The Morgan fingerprint density at radius 3 is 2.18 bits per heavy atom. The van der Waals surface area contributed by atoms with Gasteiger partial charge in [-0.25, -0.2) is 0 Å². The minimum absolute atomic E-state index is 0.819. The summed E-state index contributed by atoms with van der Waals surface area (Å²) in [5.74, 6) is 0.967. The largest absolute Gasteiger partial charge is 0.306 e. The Kier molecular flexibility index (Phi) is 8.55. The van der Waals surface area contributed by atoms with E-state index < -0.39 is 0 Å².